The van der Waals surface area contributed by atoms with Gasteiger partial charge in [-0.3, -0.25) is 14.9 Å². The first-order chi connectivity index (χ1) is 11.4. The van der Waals surface area contributed by atoms with Crippen LogP contribution in [0.5, 0.6) is 5.75 Å². The second kappa shape index (κ2) is 7.54. The van der Waals surface area contributed by atoms with Gasteiger partial charge in [-0.05, 0) is 37.6 Å². The largest absolute Gasteiger partial charge is 0.474 e. The van der Waals surface area contributed by atoms with Crippen LogP contribution in [0.15, 0.2) is 48.5 Å². The zero-order valence-electron chi connectivity index (χ0n) is 13.2. The summed E-state index contributed by atoms with van der Waals surface area (Å²) in [6, 6.07) is 11.3. The van der Waals surface area contributed by atoms with Crippen LogP contribution in [0.4, 0.5) is 10.1 Å². The molecule has 0 heterocycles. The number of nitro groups is 1. The topological polar surface area (TPSA) is 81.5 Å². The Morgan fingerprint density at radius 3 is 2.42 bits per heavy atom. The van der Waals surface area contributed by atoms with Gasteiger partial charge in [0, 0.05) is 6.07 Å². The Hall–Kier alpha value is -2.96. The summed E-state index contributed by atoms with van der Waals surface area (Å²) in [5.41, 5.74) is 0.534. The highest BCUT2D eigenvalue weighted by molar-refractivity contribution is 5.81. The zero-order valence-corrected chi connectivity index (χ0v) is 13.2. The van der Waals surface area contributed by atoms with Gasteiger partial charge in [0.15, 0.2) is 11.9 Å². The molecule has 6 nitrogen and oxygen atoms in total. The second-order valence-corrected chi connectivity index (χ2v) is 5.27. The van der Waals surface area contributed by atoms with Gasteiger partial charge >= 0.3 is 5.69 Å². The van der Waals surface area contributed by atoms with Gasteiger partial charge < -0.3 is 10.1 Å². The Labute approximate surface area is 138 Å². The van der Waals surface area contributed by atoms with Crippen LogP contribution in [0.3, 0.4) is 0 Å². The molecule has 7 heteroatoms. The van der Waals surface area contributed by atoms with Crippen LogP contribution in [0.25, 0.3) is 0 Å². The number of carbonyl (C=O) groups excluding carboxylic acids is 1. The fourth-order valence-corrected chi connectivity index (χ4v) is 2.12. The third-order valence-electron chi connectivity index (χ3n) is 3.46. The summed E-state index contributed by atoms with van der Waals surface area (Å²) in [6.07, 6.45) is -0.922. The molecule has 2 aromatic carbocycles. The summed E-state index contributed by atoms with van der Waals surface area (Å²) in [5, 5.41) is 13.7. The number of hydrogen-bond donors (Lipinski definition) is 1. The number of carbonyl (C=O) groups is 1. The summed E-state index contributed by atoms with van der Waals surface area (Å²) in [4.78, 5) is 22.6. The molecule has 0 bridgehead atoms. The van der Waals surface area contributed by atoms with Crippen molar-refractivity contribution in [2.24, 2.45) is 0 Å². The number of halogens is 1. The predicted molar refractivity (Wildman–Crippen MR) is 86.1 cm³/mol. The number of nitrogens with zero attached hydrogens (tertiary/aromatic N) is 1. The van der Waals surface area contributed by atoms with Crippen molar-refractivity contribution in [3.63, 3.8) is 0 Å². The maximum Gasteiger partial charge on any atom is 0.310 e. The molecule has 0 fully saturated rings. The average Bonchev–Trinajstić information content (AvgIpc) is 2.55. The standard InChI is InChI=1S/C17H17FN2O4/c1-11(13-7-9-14(18)10-8-13)19-17(21)12(2)24-16-6-4-3-5-15(16)20(22)23/h3-12H,1-2H3,(H,19,21)/t11-,12-/m0/s1. The van der Waals surface area contributed by atoms with Gasteiger partial charge in [0.25, 0.3) is 5.91 Å². The number of nitro benzene ring substituents is 1. The van der Waals surface area contributed by atoms with Crippen molar-refractivity contribution in [2.75, 3.05) is 0 Å². The fraction of sp³-hybridized carbons (Fsp3) is 0.235. The maximum absolute atomic E-state index is 12.9. The summed E-state index contributed by atoms with van der Waals surface area (Å²) < 4.78 is 18.3. The Bertz CT molecular complexity index is 734. The Morgan fingerprint density at radius 2 is 1.79 bits per heavy atom. The van der Waals surface area contributed by atoms with E-state index < -0.39 is 16.9 Å². The number of hydrogen-bond acceptors (Lipinski definition) is 4. The smallest absolute Gasteiger partial charge is 0.310 e. The van der Waals surface area contributed by atoms with Crippen molar-refractivity contribution in [3.05, 3.63) is 70.0 Å². The molecule has 2 rings (SSSR count). The molecule has 0 aromatic heterocycles. The molecule has 1 amide bonds. The van der Waals surface area contributed by atoms with Crippen molar-refractivity contribution in [3.8, 4) is 5.75 Å². The molecule has 126 valence electrons. The average molecular weight is 332 g/mol. The first-order valence-corrected chi connectivity index (χ1v) is 7.34. The van der Waals surface area contributed by atoms with Crippen LogP contribution in [0.1, 0.15) is 25.5 Å². The van der Waals surface area contributed by atoms with E-state index in [0.717, 1.165) is 5.56 Å². The number of rotatable bonds is 6. The van der Waals surface area contributed by atoms with Crippen molar-refractivity contribution >= 4 is 11.6 Å². The molecule has 2 aromatic rings. The van der Waals surface area contributed by atoms with Gasteiger partial charge in [0.2, 0.25) is 0 Å². The van der Waals surface area contributed by atoms with E-state index in [1.54, 1.807) is 25.1 Å². The van der Waals surface area contributed by atoms with Gasteiger partial charge in [-0.1, -0.05) is 24.3 Å². The van der Waals surface area contributed by atoms with Crippen LogP contribution >= 0.6 is 0 Å². The Morgan fingerprint density at radius 1 is 1.17 bits per heavy atom. The highest BCUT2D eigenvalue weighted by Crippen LogP contribution is 2.27. The summed E-state index contributed by atoms with van der Waals surface area (Å²) in [5.74, 6) is -0.755. The Balaban J connectivity index is 2.02. The maximum atomic E-state index is 12.9. The van der Waals surface area contributed by atoms with Crippen LogP contribution in [-0.2, 0) is 4.79 Å². The summed E-state index contributed by atoms with van der Waals surface area (Å²) in [7, 11) is 0. The number of amides is 1. The van der Waals surface area contributed by atoms with E-state index in [0.29, 0.717) is 0 Å². The van der Waals surface area contributed by atoms with E-state index in [9.17, 15) is 19.3 Å². The lowest BCUT2D eigenvalue weighted by molar-refractivity contribution is -0.386. The van der Waals surface area contributed by atoms with Crippen molar-refractivity contribution in [1.29, 1.82) is 0 Å². The molecule has 0 unspecified atom stereocenters. The minimum absolute atomic E-state index is 0.0274. The van der Waals surface area contributed by atoms with E-state index in [2.05, 4.69) is 5.32 Å². The molecule has 0 aliphatic heterocycles. The van der Waals surface area contributed by atoms with Gasteiger partial charge in [-0.25, -0.2) is 4.39 Å². The molecule has 1 N–H and O–H groups in total. The van der Waals surface area contributed by atoms with Crippen LogP contribution in [0.2, 0.25) is 0 Å². The highest BCUT2D eigenvalue weighted by atomic mass is 19.1. The van der Waals surface area contributed by atoms with Gasteiger partial charge in [0.05, 0.1) is 11.0 Å². The number of para-hydroxylation sites is 2. The second-order valence-electron chi connectivity index (χ2n) is 5.27. The first-order valence-electron chi connectivity index (χ1n) is 7.34. The van der Waals surface area contributed by atoms with Gasteiger partial charge in [-0.2, -0.15) is 0 Å². The zero-order chi connectivity index (χ0) is 17.7. The molecule has 0 radical (unpaired) electrons. The molecule has 0 spiro atoms. The lowest BCUT2D eigenvalue weighted by Gasteiger charge is -2.19. The third kappa shape index (κ3) is 4.28. The fourth-order valence-electron chi connectivity index (χ4n) is 2.12. The number of nitrogens with one attached hydrogen (secondary N) is 1. The molecule has 2 atom stereocenters. The van der Waals surface area contributed by atoms with Crippen LogP contribution < -0.4 is 10.1 Å². The van der Waals surface area contributed by atoms with E-state index >= 15 is 0 Å². The molecular weight excluding hydrogens is 315 g/mol. The highest BCUT2D eigenvalue weighted by Gasteiger charge is 2.22. The molecule has 0 aliphatic carbocycles. The number of ether oxygens (including phenoxy) is 1. The predicted octanol–water partition coefficient (Wildman–Crippen LogP) is 3.38. The molecular formula is C17H17FN2O4. The lowest BCUT2D eigenvalue weighted by Crippen LogP contribution is -2.37. The van der Waals surface area contributed by atoms with Crippen LogP contribution in [-0.4, -0.2) is 16.9 Å². The van der Waals surface area contributed by atoms with Crippen LogP contribution in [0, 0.1) is 15.9 Å². The van der Waals surface area contributed by atoms with Gasteiger partial charge in [0.1, 0.15) is 5.82 Å². The minimum atomic E-state index is -0.922. The SMILES string of the molecule is C[C@H](Oc1ccccc1[N+](=O)[O-])C(=O)N[C@@H](C)c1ccc(F)cc1. The van der Waals surface area contributed by atoms with E-state index in [4.69, 9.17) is 4.74 Å². The summed E-state index contributed by atoms with van der Waals surface area (Å²) in [6.45, 7) is 3.26. The number of benzene rings is 2. The van der Waals surface area contributed by atoms with Crippen molar-refractivity contribution < 1.29 is 18.8 Å². The monoisotopic (exact) mass is 332 g/mol. The molecule has 24 heavy (non-hydrogen) atoms. The summed E-state index contributed by atoms with van der Waals surface area (Å²) >= 11 is 0. The molecule has 0 saturated carbocycles. The van der Waals surface area contributed by atoms with E-state index in [1.807, 2.05) is 0 Å². The molecule has 0 aliphatic rings. The quantitative estimate of drug-likeness (QED) is 0.649. The minimum Gasteiger partial charge on any atom is -0.474 e. The molecule has 0 saturated heterocycles. The van der Waals surface area contributed by atoms with Crippen molar-refractivity contribution in [1.82, 2.24) is 5.32 Å². The van der Waals surface area contributed by atoms with Crippen molar-refractivity contribution in [2.45, 2.75) is 26.0 Å². The van der Waals surface area contributed by atoms with Gasteiger partial charge in [-0.15, -0.1) is 0 Å². The lowest BCUT2D eigenvalue weighted by atomic mass is 10.1. The van der Waals surface area contributed by atoms with E-state index in [1.165, 1.54) is 37.3 Å². The third-order valence-corrected chi connectivity index (χ3v) is 3.46. The Kier molecular flexibility index (Phi) is 5.47. The normalized spacial score (nSPS) is 13.0. The van der Waals surface area contributed by atoms with E-state index in [-0.39, 0.29) is 23.3 Å². The first kappa shape index (κ1) is 17.4.